The van der Waals surface area contributed by atoms with Crippen molar-refractivity contribution in [1.29, 1.82) is 0 Å². The summed E-state index contributed by atoms with van der Waals surface area (Å²) in [7, 11) is -3.82. The molecule has 0 unspecified atom stereocenters. The monoisotopic (exact) mass is 363 g/mol. The Balaban J connectivity index is 2.60. The molecule has 0 atom stereocenters. The third kappa shape index (κ3) is 3.32. The molecule has 0 spiro atoms. The number of nitrogens with one attached hydrogen (secondary N) is 1. The fourth-order valence-electron chi connectivity index (χ4n) is 2.49. The third-order valence-corrected chi connectivity index (χ3v) is 5.42. The van der Waals surface area contributed by atoms with Gasteiger partial charge >= 0.3 is 0 Å². The Morgan fingerprint density at radius 2 is 1.75 bits per heavy atom. The molecular formula is C18H18ClNO3S. The second kappa shape index (κ2) is 6.71. The van der Waals surface area contributed by atoms with E-state index in [2.05, 4.69) is 17.9 Å². The van der Waals surface area contributed by atoms with Crippen LogP contribution in [0.3, 0.4) is 0 Å². The Morgan fingerprint density at radius 1 is 1.12 bits per heavy atom. The highest BCUT2D eigenvalue weighted by Crippen LogP contribution is 2.37. The number of hydrogen-bond donors (Lipinski definition) is 2. The van der Waals surface area contributed by atoms with E-state index in [0.717, 1.165) is 5.56 Å². The summed E-state index contributed by atoms with van der Waals surface area (Å²) in [6.45, 7) is 10.9. The van der Waals surface area contributed by atoms with Crippen LogP contribution in [0.1, 0.15) is 22.3 Å². The first-order valence-corrected chi connectivity index (χ1v) is 8.97. The Kier molecular flexibility index (Phi) is 5.06. The first kappa shape index (κ1) is 18.1. The molecule has 2 aromatic rings. The van der Waals surface area contributed by atoms with Crippen LogP contribution in [0, 0.1) is 13.8 Å². The summed E-state index contributed by atoms with van der Waals surface area (Å²) < 4.78 is 28.0. The molecule has 2 N–H and O–H groups in total. The maximum Gasteiger partial charge on any atom is 0.262 e. The van der Waals surface area contributed by atoms with E-state index in [0.29, 0.717) is 16.7 Å². The molecule has 0 radical (unpaired) electrons. The Morgan fingerprint density at radius 3 is 2.29 bits per heavy atom. The van der Waals surface area contributed by atoms with Crippen LogP contribution in [0.4, 0.5) is 5.69 Å². The highest BCUT2D eigenvalue weighted by atomic mass is 35.5. The molecule has 0 aliphatic rings. The molecule has 0 bridgehead atoms. The maximum atomic E-state index is 12.7. The van der Waals surface area contributed by atoms with E-state index in [1.165, 1.54) is 18.2 Å². The normalized spacial score (nSPS) is 11.1. The van der Waals surface area contributed by atoms with Gasteiger partial charge in [-0.3, -0.25) is 4.72 Å². The number of halogens is 1. The summed E-state index contributed by atoms with van der Waals surface area (Å²) in [5.74, 6) is -0.170. The van der Waals surface area contributed by atoms with Gasteiger partial charge < -0.3 is 5.11 Å². The Labute approximate surface area is 147 Å². The summed E-state index contributed by atoms with van der Waals surface area (Å²) in [5.41, 5.74) is 2.55. The predicted octanol–water partition coefficient (Wildman–Crippen LogP) is 4.75. The van der Waals surface area contributed by atoms with Gasteiger partial charge in [-0.25, -0.2) is 8.42 Å². The molecule has 126 valence electrons. The summed E-state index contributed by atoms with van der Waals surface area (Å²) in [6, 6.07) is 6.43. The molecule has 0 aliphatic heterocycles. The Bertz CT molecular complexity index is 934. The first-order chi connectivity index (χ1) is 11.2. The van der Waals surface area contributed by atoms with Crippen LogP contribution >= 0.6 is 11.6 Å². The lowest BCUT2D eigenvalue weighted by Crippen LogP contribution is -2.15. The van der Waals surface area contributed by atoms with Gasteiger partial charge in [-0.15, -0.1) is 0 Å². The van der Waals surface area contributed by atoms with Crippen molar-refractivity contribution in [2.45, 2.75) is 18.7 Å². The minimum atomic E-state index is -3.82. The van der Waals surface area contributed by atoms with E-state index < -0.39 is 10.0 Å². The lowest BCUT2D eigenvalue weighted by atomic mass is 10.0. The number of sulfonamides is 1. The average Bonchev–Trinajstić information content (AvgIpc) is 2.49. The molecule has 2 rings (SSSR count). The fourth-order valence-corrected chi connectivity index (χ4v) is 3.99. The largest absolute Gasteiger partial charge is 0.506 e. The molecule has 0 heterocycles. The number of benzene rings is 2. The molecule has 0 amide bonds. The number of hydrogen-bond acceptors (Lipinski definition) is 3. The van der Waals surface area contributed by atoms with Gasteiger partial charge in [-0.05, 0) is 31.5 Å². The number of anilines is 1. The second-order valence-electron chi connectivity index (χ2n) is 5.36. The number of aryl methyl sites for hydroxylation is 2. The molecule has 0 saturated carbocycles. The van der Waals surface area contributed by atoms with Crippen LogP contribution in [-0.4, -0.2) is 13.5 Å². The lowest BCUT2D eigenvalue weighted by molar-refractivity contribution is 0.474. The quantitative estimate of drug-likeness (QED) is 0.753. The van der Waals surface area contributed by atoms with Crippen molar-refractivity contribution in [1.82, 2.24) is 0 Å². The van der Waals surface area contributed by atoms with Gasteiger partial charge in [0.05, 0.1) is 15.6 Å². The Hall–Kier alpha value is -2.24. The van der Waals surface area contributed by atoms with Crippen LogP contribution in [0.25, 0.3) is 12.2 Å². The van der Waals surface area contributed by atoms with Crippen LogP contribution in [-0.2, 0) is 10.0 Å². The van der Waals surface area contributed by atoms with Gasteiger partial charge in [-0.2, -0.15) is 0 Å². The zero-order valence-electron chi connectivity index (χ0n) is 13.4. The maximum absolute atomic E-state index is 12.7. The smallest absolute Gasteiger partial charge is 0.262 e. The van der Waals surface area contributed by atoms with E-state index in [9.17, 15) is 13.5 Å². The number of rotatable bonds is 5. The molecule has 2 aromatic carbocycles. The van der Waals surface area contributed by atoms with Crippen molar-refractivity contribution in [3.8, 4) is 5.75 Å². The van der Waals surface area contributed by atoms with Crippen molar-refractivity contribution in [2.24, 2.45) is 0 Å². The van der Waals surface area contributed by atoms with E-state index in [4.69, 9.17) is 11.6 Å². The minimum absolute atomic E-state index is 0.0221. The fraction of sp³-hybridized carbons (Fsp3) is 0.111. The topological polar surface area (TPSA) is 66.4 Å². The van der Waals surface area contributed by atoms with Gasteiger partial charge in [0.2, 0.25) is 0 Å². The van der Waals surface area contributed by atoms with Crippen LogP contribution in [0.15, 0.2) is 42.3 Å². The zero-order valence-corrected chi connectivity index (χ0v) is 15.0. The zero-order chi connectivity index (χ0) is 18.1. The third-order valence-electron chi connectivity index (χ3n) is 3.61. The standard InChI is InChI=1S/C18H18ClNO3S/c1-5-13-14(6-2)18(21)15(19)10-16(13)20-24(22,23)17-8-7-11(3)9-12(17)4/h5-10,20-21H,1-2H2,3-4H3. The molecule has 0 saturated heterocycles. The van der Waals surface area contributed by atoms with Crippen LogP contribution < -0.4 is 4.72 Å². The van der Waals surface area contributed by atoms with Gasteiger partial charge in [0.1, 0.15) is 5.75 Å². The molecule has 0 aliphatic carbocycles. The summed E-state index contributed by atoms with van der Waals surface area (Å²) in [6.07, 6.45) is 2.83. The highest BCUT2D eigenvalue weighted by molar-refractivity contribution is 7.92. The first-order valence-electron chi connectivity index (χ1n) is 7.11. The highest BCUT2D eigenvalue weighted by Gasteiger charge is 2.21. The van der Waals surface area contributed by atoms with E-state index in [1.54, 1.807) is 25.1 Å². The summed E-state index contributed by atoms with van der Waals surface area (Å²) in [4.78, 5) is 0.174. The average molecular weight is 364 g/mol. The number of aromatic hydroxyl groups is 1. The predicted molar refractivity (Wildman–Crippen MR) is 100 cm³/mol. The van der Waals surface area contributed by atoms with Gasteiger partial charge in [0.15, 0.2) is 0 Å². The second-order valence-corrected chi connectivity index (χ2v) is 7.42. The molecule has 0 fully saturated rings. The van der Waals surface area contributed by atoms with Gasteiger partial charge in [0.25, 0.3) is 10.0 Å². The number of phenols is 1. The van der Waals surface area contributed by atoms with Crippen molar-refractivity contribution in [3.05, 3.63) is 64.7 Å². The van der Waals surface area contributed by atoms with E-state index in [1.807, 2.05) is 6.92 Å². The molecule has 6 heteroatoms. The SMILES string of the molecule is C=Cc1c(NS(=O)(=O)c2ccc(C)cc2C)cc(Cl)c(O)c1C=C. The summed E-state index contributed by atoms with van der Waals surface area (Å²) in [5, 5.41) is 10.0. The van der Waals surface area contributed by atoms with Gasteiger partial charge in [0, 0.05) is 11.1 Å². The van der Waals surface area contributed by atoms with Crippen molar-refractivity contribution in [3.63, 3.8) is 0 Å². The molecule has 0 aromatic heterocycles. The van der Waals surface area contributed by atoms with E-state index in [-0.39, 0.29) is 21.4 Å². The van der Waals surface area contributed by atoms with Crippen LogP contribution in [0.5, 0.6) is 5.75 Å². The van der Waals surface area contributed by atoms with Crippen LogP contribution in [0.2, 0.25) is 5.02 Å². The van der Waals surface area contributed by atoms with Crippen molar-refractivity contribution >= 4 is 39.5 Å². The number of phenolic OH excluding ortho intramolecular Hbond substituents is 1. The van der Waals surface area contributed by atoms with E-state index >= 15 is 0 Å². The summed E-state index contributed by atoms with van der Waals surface area (Å²) >= 11 is 5.99. The van der Waals surface area contributed by atoms with Crippen molar-refractivity contribution in [2.75, 3.05) is 4.72 Å². The molecule has 24 heavy (non-hydrogen) atoms. The minimum Gasteiger partial charge on any atom is -0.506 e. The van der Waals surface area contributed by atoms with Gasteiger partial charge in [-0.1, -0.05) is 54.6 Å². The van der Waals surface area contributed by atoms with Crippen molar-refractivity contribution < 1.29 is 13.5 Å². The lowest BCUT2D eigenvalue weighted by Gasteiger charge is -2.16. The molecular weight excluding hydrogens is 346 g/mol. The molecule has 4 nitrogen and oxygen atoms in total.